The van der Waals surface area contributed by atoms with E-state index in [9.17, 15) is 9.59 Å². The Kier molecular flexibility index (Phi) is 3.29. The fourth-order valence-electron chi connectivity index (χ4n) is 3.87. The number of hydrogen-bond acceptors (Lipinski definition) is 4. The lowest BCUT2D eigenvalue weighted by atomic mass is 9.71. The first-order chi connectivity index (χ1) is 12.0. The molecule has 5 heteroatoms. The number of allylic oxidation sites excluding steroid dienone is 2. The summed E-state index contributed by atoms with van der Waals surface area (Å²) in [7, 11) is 1.57. The number of ether oxygens (including phenoxy) is 1. The van der Waals surface area contributed by atoms with Crippen LogP contribution in [0.2, 0.25) is 0 Å². The molecule has 0 radical (unpaired) electrons. The van der Waals surface area contributed by atoms with Crippen LogP contribution < -0.4 is 10.1 Å². The molecule has 1 heterocycles. The Bertz CT molecular complexity index is 957. The van der Waals surface area contributed by atoms with Gasteiger partial charge in [0.1, 0.15) is 0 Å². The Morgan fingerprint density at radius 1 is 1.20 bits per heavy atom. The van der Waals surface area contributed by atoms with Crippen LogP contribution in [0.3, 0.4) is 0 Å². The molecule has 4 rings (SSSR count). The summed E-state index contributed by atoms with van der Waals surface area (Å²) in [5.41, 5.74) is 5.60. The molecule has 2 aromatic rings. The number of nitrogens with zero attached hydrogens (tertiary/aromatic N) is 1. The zero-order valence-corrected chi connectivity index (χ0v) is 14.3. The lowest BCUT2D eigenvalue weighted by molar-refractivity contribution is -0.105. The van der Waals surface area contributed by atoms with Crippen LogP contribution in [0.15, 0.2) is 35.9 Å². The molecule has 1 aromatic heterocycles. The van der Waals surface area contributed by atoms with Gasteiger partial charge in [-0.15, -0.1) is 0 Å². The highest BCUT2D eigenvalue weighted by molar-refractivity contribution is 6.32. The van der Waals surface area contributed by atoms with Gasteiger partial charge in [0.05, 0.1) is 12.8 Å². The predicted molar refractivity (Wildman–Crippen MR) is 94.9 cm³/mol. The van der Waals surface area contributed by atoms with Crippen LogP contribution in [-0.4, -0.2) is 24.3 Å². The molecular weight excluding hydrogens is 316 g/mol. The van der Waals surface area contributed by atoms with E-state index in [2.05, 4.69) is 24.1 Å². The third-order valence-electron chi connectivity index (χ3n) is 5.17. The summed E-state index contributed by atoms with van der Waals surface area (Å²) in [6.07, 6.45) is 1.33. The Morgan fingerprint density at radius 3 is 2.68 bits per heavy atom. The van der Waals surface area contributed by atoms with Crippen LogP contribution in [0.1, 0.15) is 41.0 Å². The van der Waals surface area contributed by atoms with Crippen molar-refractivity contribution >= 4 is 23.5 Å². The van der Waals surface area contributed by atoms with Crippen molar-refractivity contribution in [1.82, 2.24) is 4.98 Å². The zero-order chi connectivity index (χ0) is 17.8. The number of anilines is 1. The summed E-state index contributed by atoms with van der Waals surface area (Å²) in [6.45, 7) is 4.19. The second-order valence-electron chi connectivity index (χ2n) is 6.87. The standard InChI is InChI=1S/C20H18N2O3/c1-20(2)15-9-11-8-12(21-10-23)4-5-13(11)17(15)18(24)14-6-7-16(25-3)22-19(14)20/h4-8,10H,9H2,1-3H3,(H,21,23). The van der Waals surface area contributed by atoms with Gasteiger partial charge in [0.25, 0.3) is 0 Å². The molecule has 0 saturated heterocycles. The molecular formula is C20H18N2O3. The van der Waals surface area contributed by atoms with Gasteiger partial charge in [-0.3, -0.25) is 9.59 Å². The number of benzene rings is 1. The van der Waals surface area contributed by atoms with E-state index in [-0.39, 0.29) is 11.2 Å². The molecule has 1 N–H and O–H groups in total. The van der Waals surface area contributed by atoms with E-state index in [0.717, 1.165) is 33.7 Å². The Morgan fingerprint density at radius 2 is 1.96 bits per heavy atom. The third-order valence-corrected chi connectivity index (χ3v) is 5.17. The molecule has 0 spiro atoms. The second kappa shape index (κ2) is 5.28. The molecule has 126 valence electrons. The van der Waals surface area contributed by atoms with Crippen molar-refractivity contribution < 1.29 is 14.3 Å². The largest absolute Gasteiger partial charge is 0.481 e. The molecule has 0 fully saturated rings. The Labute approximate surface area is 145 Å². The zero-order valence-electron chi connectivity index (χ0n) is 14.3. The Balaban J connectivity index is 1.88. The van der Waals surface area contributed by atoms with E-state index >= 15 is 0 Å². The fourth-order valence-corrected chi connectivity index (χ4v) is 3.87. The number of rotatable bonds is 3. The third kappa shape index (κ3) is 2.12. The van der Waals surface area contributed by atoms with Crippen LogP contribution in [0, 0.1) is 0 Å². The molecule has 0 unspecified atom stereocenters. The number of amides is 1. The number of ketones is 1. The van der Waals surface area contributed by atoms with Gasteiger partial charge in [-0.1, -0.05) is 19.9 Å². The van der Waals surface area contributed by atoms with Gasteiger partial charge in [0, 0.05) is 28.3 Å². The number of aromatic nitrogens is 1. The van der Waals surface area contributed by atoms with E-state index in [1.165, 1.54) is 0 Å². The fraction of sp³-hybridized carbons (Fsp3) is 0.250. The normalized spacial score (nSPS) is 16.8. The topological polar surface area (TPSA) is 68.3 Å². The monoisotopic (exact) mass is 334 g/mol. The minimum Gasteiger partial charge on any atom is -0.481 e. The van der Waals surface area contributed by atoms with Crippen molar-refractivity contribution in [3.05, 3.63) is 58.3 Å². The minimum absolute atomic E-state index is 0.00863. The highest BCUT2D eigenvalue weighted by atomic mass is 16.5. The van der Waals surface area contributed by atoms with Crippen molar-refractivity contribution in [3.8, 4) is 5.88 Å². The number of pyridine rings is 1. The number of carbonyl (C=O) groups is 2. The van der Waals surface area contributed by atoms with Gasteiger partial charge < -0.3 is 10.1 Å². The smallest absolute Gasteiger partial charge is 0.213 e. The van der Waals surface area contributed by atoms with Crippen molar-refractivity contribution in [2.45, 2.75) is 25.7 Å². The van der Waals surface area contributed by atoms with Crippen molar-refractivity contribution in [3.63, 3.8) is 0 Å². The summed E-state index contributed by atoms with van der Waals surface area (Å²) < 4.78 is 5.24. The molecule has 5 nitrogen and oxygen atoms in total. The highest BCUT2D eigenvalue weighted by Crippen LogP contribution is 2.49. The maximum Gasteiger partial charge on any atom is 0.213 e. The van der Waals surface area contributed by atoms with Crippen molar-refractivity contribution in [2.24, 2.45) is 0 Å². The average Bonchev–Trinajstić information content (AvgIpc) is 3.00. The summed E-state index contributed by atoms with van der Waals surface area (Å²) in [4.78, 5) is 28.4. The first-order valence-corrected chi connectivity index (χ1v) is 8.14. The molecule has 1 aromatic carbocycles. The van der Waals surface area contributed by atoms with Crippen LogP contribution in [0.5, 0.6) is 5.88 Å². The summed E-state index contributed by atoms with van der Waals surface area (Å²) in [6, 6.07) is 9.20. The van der Waals surface area contributed by atoms with Crippen LogP contribution >= 0.6 is 0 Å². The first kappa shape index (κ1) is 15.6. The molecule has 2 aliphatic rings. The van der Waals surface area contributed by atoms with Crippen LogP contribution in [-0.2, 0) is 16.6 Å². The van der Waals surface area contributed by atoms with E-state index in [1.54, 1.807) is 19.2 Å². The van der Waals surface area contributed by atoms with E-state index < -0.39 is 0 Å². The molecule has 25 heavy (non-hydrogen) atoms. The average molecular weight is 334 g/mol. The molecule has 0 bridgehead atoms. The quantitative estimate of drug-likeness (QED) is 0.876. The second-order valence-corrected chi connectivity index (χ2v) is 6.87. The molecule has 2 aliphatic carbocycles. The Hall–Kier alpha value is -2.95. The molecule has 1 amide bonds. The van der Waals surface area contributed by atoms with Crippen molar-refractivity contribution in [1.29, 1.82) is 0 Å². The highest BCUT2D eigenvalue weighted by Gasteiger charge is 2.44. The lowest BCUT2D eigenvalue weighted by Crippen LogP contribution is -2.31. The van der Waals surface area contributed by atoms with Gasteiger partial charge in [0.2, 0.25) is 12.3 Å². The number of nitrogens with one attached hydrogen (secondary N) is 1. The van der Waals surface area contributed by atoms with Crippen LogP contribution in [0.25, 0.3) is 5.57 Å². The molecule has 0 aliphatic heterocycles. The minimum atomic E-state index is -0.371. The predicted octanol–water partition coefficient (Wildman–Crippen LogP) is 3.14. The summed E-state index contributed by atoms with van der Waals surface area (Å²) >= 11 is 0. The number of carbonyl (C=O) groups excluding carboxylic acids is 2. The number of hydrogen-bond donors (Lipinski definition) is 1. The number of fused-ring (bicyclic) bond motifs is 3. The maximum atomic E-state index is 13.1. The number of methoxy groups -OCH3 is 1. The summed E-state index contributed by atoms with van der Waals surface area (Å²) in [5, 5.41) is 2.67. The van der Waals surface area contributed by atoms with Crippen molar-refractivity contribution in [2.75, 3.05) is 12.4 Å². The summed E-state index contributed by atoms with van der Waals surface area (Å²) in [5.74, 6) is 0.519. The molecule has 0 atom stereocenters. The number of Topliss-reactive ketones (excluding diaryl/α,β-unsaturated/α-hetero) is 1. The van der Waals surface area contributed by atoms with Gasteiger partial charge >= 0.3 is 0 Å². The van der Waals surface area contributed by atoms with E-state index in [1.807, 2.05) is 18.2 Å². The van der Waals surface area contributed by atoms with E-state index in [4.69, 9.17) is 4.74 Å². The van der Waals surface area contributed by atoms with Gasteiger partial charge in [-0.2, -0.15) is 0 Å². The molecule has 0 saturated carbocycles. The van der Waals surface area contributed by atoms with Crippen LogP contribution in [0.4, 0.5) is 5.69 Å². The van der Waals surface area contributed by atoms with Gasteiger partial charge in [0.15, 0.2) is 5.78 Å². The SMILES string of the molecule is COc1ccc2c(n1)C(C)(C)C1=C(C2=O)c2ccc(NC=O)cc2C1. The maximum absolute atomic E-state index is 13.1. The van der Waals surface area contributed by atoms with Gasteiger partial charge in [-0.05, 0) is 41.3 Å². The first-order valence-electron chi connectivity index (χ1n) is 8.14. The van der Waals surface area contributed by atoms with E-state index in [0.29, 0.717) is 24.3 Å². The lowest BCUT2D eigenvalue weighted by Gasteiger charge is -2.33. The van der Waals surface area contributed by atoms with Gasteiger partial charge in [-0.25, -0.2) is 4.98 Å².